The Balaban J connectivity index is 1.79. The zero-order chi connectivity index (χ0) is 19.0. The second kappa shape index (κ2) is 9.59. The highest BCUT2D eigenvalue weighted by atomic mass is 32.5. The van der Waals surface area contributed by atoms with Crippen LogP contribution in [0.4, 0.5) is 0 Å². The van der Waals surface area contributed by atoms with Crippen molar-refractivity contribution in [2.45, 2.75) is 26.2 Å². The molecule has 140 valence electrons. The molecule has 0 aromatic heterocycles. The average molecular weight is 398 g/mol. The van der Waals surface area contributed by atoms with Gasteiger partial charge in [0.25, 0.3) is 0 Å². The molecule has 0 aliphatic carbocycles. The summed E-state index contributed by atoms with van der Waals surface area (Å²) >= 11 is 5.70. The molecule has 0 aliphatic rings. The van der Waals surface area contributed by atoms with Gasteiger partial charge in [-0.05, 0) is 54.8 Å². The number of unbranched alkanes of at least 4 members (excludes halogenated alkanes) is 1. The Bertz CT molecular complexity index is 822. The third-order valence-electron chi connectivity index (χ3n) is 3.88. The van der Waals surface area contributed by atoms with Gasteiger partial charge in [-0.15, -0.1) is 0 Å². The van der Waals surface area contributed by atoms with E-state index in [0.29, 0.717) is 17.2 Å². The smallest absolute Gasteiger partial charge is 0.407 e. The molecule has 3 rings (SSSR count). The van der Waals surface area contributed by atoms with Gasteiger partial charge in [0.15, 0.2) is 0 Å². The topological polar surface area (TPSA) is 27.7 Å². The molecule has 0 aliphatic heterocycles. The third-order valence-corrected chi connectivity index (χ3v) is 5.85. The Labute approximate surface area is 166 Å². The molecule has 0 amide bonds. The van der Waals surface area contributed by atoms with Crippen molar-refractivity contribution in [1.29, 1.82) is 0 Å². The highest BCUT2D eigenvalue weighted by molar-refractivity contribution is 8.08. The number of benzene rings is 3. The molecular weight excluding hydrogens is 375 g/mol. The minimum absolute atomic E-state index is 0.622. The summed E-state index contributed by atoms with van der Waals surface area (Å²) in [7, 11) is 0. The number of rotatable bonds is 9. The van der Waals surface area contributed by atoms with Crippen LogP contribution in [-0.2, 0) is 18.2 Å². The second-order valence-electron chi connectivity index (χ2n) is 6.09. The average Bonchev–Trinajstić information content (AvgIpc) is 2.69. The van der Waals surface area contributed by atoms with Crippen LogP contribution in [0.15, 0.2) is 84.9 Å². The molecule has 3 nitrogen and oxygen atoms in total. The van der Waals surface area contributed by atoms with Crippen LogP contribution in [0.2, 0.25) is 0 Å². The normalized spacial score (nSPS) is 11.0. The van der Waals surface area contributed by atoms with Gasteiger partial charge in [-0.2, -0.15) is 0 Å². The fraction of sp³-hybridized carbons (Fsp3) is 0.182. The van der Waals surface area contributed by atoms with Crippen molar-refractivity contribution >= 4 is 18.5 Å². The maximum absolute atomic E-state index is 6.05. The van der Waals surface area contributed by atoms with E-state index >= 15 is 0 Å². The van der Waals surface area contributed by atoms with E-state index in [1.54, 1.807) is 0 Å². The van der Waals surface area contributed by atoms with E-state index in [1.165, 1.54) is 18.4 Å². The van der Waals surface area contributed by atoms with Gasteiger partial charge in [0, 0.05) is 11.8 Å². The van der Waals surface area contributed by atoms with Crippen LogP contribution in [0.3, 0.4) is 0 Å². The van der Waals surface area contributed by atoms with Crippen molar-refractivity contribution in [1.82, 2.24) is 0 Å². The SMILES string of the molecule is CCCCc1ccc(OP(=S)(Oc2ccccc2)Oc2ccccc2)cc1. The number of hydrogen-bond donors (Lipinski definition) is 0. The summed E-state index contributed by atoms with van der Waals surface area (Å²) in [5.74, 6) is 1.89. The van der Waals surface area contributed by atoms with Crippen LogP contribution in [0.1, 0.15) is 25.3 Å². The van der Waals surface area contributed by atoms with Crippen LogP contribution in [0, 0.1) is 0 Å². The molecule has 0 saturated heterocycles. The van der Waals surface area contributed by atoms with E-state index in [9.17, 15) is 0 Å². The predicted octanol–water partition coefficient (Wildman–Crippen LogP) is 6.79. The fourth-order valence-electron chi connectivity index (χ4n) is 2.50. The Morgan fingerprint density at radius 1 is 0.667 bits per heavy atom. The summed E-state index contributed by atoms with van der Waals surface area (Å²) in [6.07, 6.45) is 3.41. The van der Waals surface area contributed by atoms with E-state index < -0.39 is 6.72 Å². The second-order valence-corrected chi connectivity index (χ2v) is 8.88. The molecule has 0 fully saturated rings. The molecule has 0 atom stereocenters. The first-order valence-electron chi connectivity index (χ1n) is 9.05. The van der Waals surface area contributed by atoms with E-state index in [1.807, 2.05) is 72.8 Å². The first kappa shape index (κ1) is 19.5. The van der Waals surface area contributed by atoms with Gasteiger partial charge in [0.1, 0.15) is 17.2 Å². The summed E-state index contributed by atoms with van der Waals surface area (Å²) < 4.78 is 18.0. The van der Waals surface area contributed by atoms with Gasteiger partial charge < -0.3 is 13.6 Å². The summed E-state index contributed by atoms with van der Waals surface area (Å²) in [4.78, 5) is 0. The largest absolute Gasteiger partial charge is 0.490 e. The zero-order valence-corrected chi connectivity index (χ0v) is 17.0. The molecule has 0 N–H and O–H groups in total. The Kier molecular flexibility index (Phi) is 6.92. The summed E-state index contributed by atoms with van der Waals surface area (Å²) in [6.45, 7) is -0.898. The standard InChI is InChI=1S/C22H23O3PS/c1-2-3-10-19-15-17-22(18-16-19)25-26(27,23-20-11-6-4-7-12-20)24-21-13-8-5-9-14-21/h4-9,11-18H,2-3,10H2,1H3. The first-order chi connectivity index (χ1) is 13.2. The van der Waals surface area contributed by atoms with Gasteiger partial charge in [0.05, 0.1) is 0 Å². The molecule has 27 heavy (non-hydrogen) atoms. The van der Waals surface area contributed by atoms with Crippen LogP contribution in [0.25, 0.3) is 0 Å². The lowest BCUT2D eigenvalue weighted by atomic mass is 10.1. The molecule has 0 saturated carbocycles. The lowest BCUT2D eigenvalue weighted by molar-refractivity contribution is 0.384. The van der Waals surface area contributed by atoms with Crippen LogP contribution >= 0.6 is 6.72 Å². The van der Waals surface area contributed by atoms with Crippen molar-refractivity contribution in [3.8, 4) is 17.2 Å². The fourth-order valence-corrected chi connectivity index (χ4v) is 4.53. The molecule has 5 heteroatoms. The number of hydrogen-bond acceptors (Lipinski definition) is 4. The van der Waals surface area contributed by atoms with Gasteiger partial charge in [-0.1, -0.05) is 61.9 Å². The first-order valence-corrected chi connectivity index (χ1v) is 11.6. The van der Waals surface area contributed by atoms with E-state index in [4.69, 9.17) is 25.4 Å². The highest BCUT2D eigenvalue weighted by Gasteiger charge is 2.26. The minimum atomic E-state index is -3.09. The Morgan fingerprint density at radius 3 is 1.56 bits per heavy atom. The van der Waals surface area contributed by atoms with Crippen LogP contribution in [0.5, 0.6) is 17.2 Å². The van der Waals surface area contributed by atoms with Gasteiger partial charge in [-0.25, -0.2) is 0 Å². The number of aryl methyl sites for hydroxylation is 1. The van der Waals surface area contributed by atoms with E-state index in [0.717, 1.165) is 6.42 Å². The van der Waals surface area contributed by atoms with Crippen molar-refractivity contribution in [2.75, 3.05) is 0 Å². The molecule has 0 heterocycles. The van der Waals surface area contributed by atoms with E-state index in [2.05, 4.69) is 19.1 Å². The van der Waals surface area contributed by atoms with Crippen molar-refractivity contribution in [3.05, 3.63) is 90.5 Å². The summed E-state index contributed by atoms with van der Waals surface area (Å²) in [6, 6.07) is 26.7. The quantitative estimate of drug-likeness (QED) is 0.371. The van der Waals surface area contributed by atoms with Gasteiger partial charge >= 0.3 is 6.72 Å². The molecule has 0 spiro atoms. The van der Waals surface area contributed by atoms with E-state index in [-0.39, 0.29) is 0 Å². The molecule has 0 unspecified atom stereocenters. The Hall–Kier alpha value is -2.29. The number of para-hydroxylation sites is 2. The summed E-state index contributed by atoms with van der Waals surface area (Å²) in [5, 5.41) is 0. The highest BCUT2D eigenvalue weighted by Crippen LogP contribution is 2.50. The minimum Gasteiger partial charge on any atom is -0.407 e. The Morgan fingerprint density at radius 2 is 1.11 bits per heavy atom. The van der Waals surface area contributed by atoms with Gasteiger partial charge in [0.2, 0.25) is 0 Å². The molecule has 0 bridgehead atoms. The van der Waals surface area contributed by atoms with Crippen molar-refractivity contribution < 1.29 is 13.6 Å². The van der Waals surface area contributed by atoms with Gasteiger partial charge in [-0.3, -0.25) is 0 Å². The van der Waals surface area contributed by atoms with Crippen molar-refractivity contribution in [2.24, 2.45) is 0 Å². The lowest BCUT2D eigenvalue weighted by Crippen LogP contribution is -2.07. The molecule has 3 aromatic carbocycles. The molecule has 0 radical (unpaired) electrons. The summed E-state index contributed by atoms with van der Waals surface area (Å²) in [5.41, 5.74) is 1.28. The van der Waals surface area contributed by atoms with Crippen molar-refractivity contribution in [3.63, 3.8) is 0 Å². The predicted molar refractivity (Wildman–Crippen MR) is 114 cm³/mol. The van der Waals surface area contributed by atoms with Crippen LogP contribution < -0.4 is 13.6 Å². The molecular formula is C22H23O3PS. The lowest BCUT2D eigenvalue weighted by Gasteiger charge is -2.23. The monoisotopic (exact) mass is 398 g/mol. The maximum atomic E-state index is 6.05. The van der Waals surface area contributed by atoms with Crippen LogP contribution in [-0.4, -0.2) is 0 Å². The molecule has 3 aromatic rings. The zero-order valence-electron chi connectivity index (χ0n) is 15.3. The maximum Gasteiger partial charge on any atom is 0.490 e. The third kappa shape index (κ3) is 6.13.